The van der Waals surface area contributed by atoms with Crippen molar-refractivity contribution in [2.45, 2.75) is 12.6 Å². The third kappa shape index (κ3) is 4.24. The van der Waals surface area contributed by atoms with Gasteiger partial charge in [0.1, 0.15) is 5.01 Å². The van der Waals surface area contributed by atoms with E-state index < -0.39 is 11.7 Å². The molecular weight excluding hydrogens is 353 g/mol. The highest BCUT2D eigenvalue weighted by atomic mass is 32.1. The Balaban J connectivity index is 1.66. The highest BCUT2D eigenvalue weighted by Crippen LogP contribution is 2.31. The molecule has 0 fully saturated rings. The first-order valence-electron chi connectivity index (χ1n) is 7.23. The summed E-state index contributed by atoms with van der Waals surface area (Å²) in [5.41, 5.74) is 0.422. The maximum Gasteiger partial charge on any atom is 0.416 e. The Kier molecular flexibility index (Phi) is 4.58. The number of hydrogen-bond acceptors (Lipinski definition) is 4. The molecule has 130 valence electrons. The van der Waals surface area contributed by atoms with Crippen LogP contribution < -0.4 is 5.32 Å². The number of carbonyl (C=O) groups excluding carboxylic acids is 1. The van der Waals surface area contributed by atoms with E-state index in [-0.39, 0.29) is 12.3 Å². The molecule has 0 atom stereocenters. The molecule has 5 nitrogen and oxygen atoms in total. The monoisotopic (exact) mass is 366 g/mol. The van der Waals surface area contributed by atoms with E-state index in [4.69, 9.17) is 0 Å². The summed E-state index contributed by atoms with van der Waals surface area (Å²) < 4.78 is 39.3. The summed E-state index contributed by atoms with van der Waals surface area (Å²) in [7, 11) is 1.74. The summed E-state index contributed by atoms with van der Waals surface area (Å²) >= 11 is 1.28. The van der Waals surface area contributed by atoms with Crippen molar-refractivity contribution in [3.8, 4) is 10.6 Å². The van der Waals surface area contributed by atoms with Crippen molar-refractivity contribution in [3.63, 3.8) is 0 Å². The van der Waals surface area contributed by atoms with E-state index in [1.165, 1.54) is 23.5 Å². The minimum atomic E-state index is -4.36. The summed E-state index contributed by atoms with van der Waals surface area (Å²) in [5, 5.41) is 8.98. The molecule has 0 radical (unpaired) electrons. The van der Waals surface area contributed by atoms with Gasteiger partial charge in [-0.25, -0.2) is 4.98 Å². The molecule has 0 bridgehead atoms. The number of anilines is 1. The van der Waals surface area contributed by atoms with E-state index in [2.05, 4.69) is 15.4 Å². The molecule has 2 heterocycles. The highest BCUT2D eigenvalue weighted by molar-refractivity contribution is 7.13. The van der Waals surface area contributed by atoms with Crippen LogP contribution in [0.25, 0.3) is 10.6 Å². The third-order valence-electron chi connectivity index (χ3n) is 3.33. The second-order valence-corrected chi connectivity index (χ2v) is 6.18. The van der Waals surface area contributed by atoms with Gasteiger partial charge in [0.15, 0.2) is 5.82 Å². The van der Waals surface area contributed by atoms with Crippen LogP contribution in [0.15, 0.2) is 41.9 Å². The van der Waals surface area contributed by atoms with Gasteiger partial charge in [0.05, 0.1) is 17.7 Å². The molecule has 1 N–H and O–H groups in total. The molecule has 0 saturated carbocycles. The molecule has 1 amide bonds. The molecular formula is C16H13F3N4OS. The molecule has 0 aliphatic rings. The van der Waals surface area contributed by atoms with Gasteiger partial charge in [-0.1, -0.05) is 12.1 Å². The SMILES string of the molecule is Cn1ccc(NC(=O)Cc2csc(-c3ccc(C(F)(F)F)cc3)n2)n1. The molecule has 0 aliphatic carbocycles. The van der Waals surface area contributed by atoms with Gasteiger partial charge >= 0.3 is 6.18 Å². The predicted octanol–water partition coefficient (Wildman–Crippen LogP) is 3.74. The van der Waals surface area contributed by atoms with Crippen molar-refractivity contribution in [3.05, 3.63) is 53.2 Å². The summed E-state index contributed by atoms with van der Waals surface area (Å²) in [5.74, 6) is 0.189. The first-order valence-corrected chi connectivity index (χ1v) is 8.11. The van der Waals surface area contributed by atoms with Crippen LogP contribution in [0.2, 0.25) is 0 Å². The van der Waals surface area contributed by atoms with E-state index in [0.29, 0.717) is 22.1 Å². The summed E-state index contributed by atoms with van der Waals surface area (Å²) in [6.45, 7) is 0. The average Bonchev–Trinajstić information content (AvgIpc) is 3.16. The number of aromatic nitrogens is 3. The number of carbonyl (C=O) groups is 1. The zero-order chi connectivity index (χ0) is 18.0. The summed E-state index contributed by atoms with van der Waals surface area (Å²) in [6, 6.07) is 6.46. The zero-order valence-electron chi connectivity index (χ0n) is 13.0. The fourth-order valence-corrected chi connectivity index (χ4v) is 2.98. The topological polar surface area (TPSA) is 59.8 Å². The van der Waals surface area contributed by atoms with Gasteiger partial charge in [-0.2, -0.15) is 18.3 Å². The lowest BCUT2D eigenvalue weighted by molar-refractivity contribution is -0.137. The number of thiazole rings is 1. The van der Waals surface area contributed by atoms with Crippen molar-refractivity contribution in [1.29, 1.82) is 0 Å². The molecule has 1 aromatic carbocycles. The van der Waals surface area contributed by atoms with E-state index in [1.54, 1.807) is 29.4 Å². The highest BCUT2D eigenvalue weighted by Gasteiger charge is 2.30. The number of aryl methyl sites for hydroxylation is 1. The number of benzene rings is 1. The third-order valence-corrected chi connectivity index (χ3v) is 4.27. The maximum absolute atomic E-state index is 12.6. The minimum Gasteiger partial charge on any atom is -0.309 e. The van der Waals surface area contributed by atoms with E-state index in [0.717, 1.165) is 12.1 Å². The van der Waals surface area contributed by atoms with Crippen molar-refractivity contribution >= 4 is 23.1 Å². The average molecular weight is 366 g/mol. The van der Waals surface area contributed by atoms with Crippen LogP contribution >= 0.6 is 11.3 Å². The lowest BCUT2D eigenvalue weighted by Gasteiger charge is -2.06. The fourth-order valence-electron chi connectivity index (χ4n) is 2.16. The van der Waals surface area contributed by atoms with Crippen LogP contribution in [-0.4, -0.2) is 20.7 Å². The van der Waals surface area contributed by atoms with Crippen molar-refractivity contribution in [2.24, 2.45) is 7.05 Å². The number of rotatable bonds is 4. The molecule has 0 saturated heterocycles. The second kappa shape index (κ2) is 6.67. The Morgan fingerprint density at radius 1 is 1.24 bits per heavy atom. The zero-order valence-corrected chi connectivity index (χ0v) is 13.9. The largest absolute Gasteiger partial charge is 0.416 e. The van der Waals surface area contributed by atoms with Crippen LogP contribution in [0.4, 0.5) is 19.0 Å². The molecule has 3 rings (SSSR count). The van der Waals surface area contributed by atoms with Crippen LogP contribution in [-0.2, 0) is 24.4 Å². The number of nitrogens with one attached hydrogen (secondary N) is 1. The van der Waals surface area contributed by atoms with Crippen LogP contribution in [0.5, 0.6) is 0 Å². The quantitative estimate of drug-likeness (QED) is 0.765. The fraction of sp³-hybridized carbons (Fsp3) is 0.188. The van der Waals surface area contributed by atoms with Gasteiger partial charge in [0.25, 0.3) is 0 Å². The molecule has 0 spiro atoms. The van der Waals surface area contributed by atoms with Crippen molar-refractivity contribution in [1.82, 2.24) is 14.8 Å². The lowest BCUT2D eigenvalue weighted by atomic mass is 10.1. The molecule has 0 unspecified atom stereocenters. The smallest absolute Gasteiger partial charge is 0.309 e. The van der Waals surface area contributed by atoms with Crippen molar-refractivity contribution < 1.29 is 18.0 Å². The summed E-state index contributed by atoms with van der Waals surface area (Å²) in [4.78, 5) is 16.3. The minimum absolute atomic E-state index is 0.0632. The van der Waals surface area contributed by atoms with E-state index in [1.807, 2.05) is 0 Å². The van der Waals surface area contributed by atoms with Crippen molar-refractivity contribution in [2.75, 3.05) is 5.32 Å². The Morgan fingerprint density at radius 3 is 2.56 bits per heavy atom. The predicted molar refractivity (Wildman–Crippen MR) is 88.1 cm³/mol. The number of alkyl halides is 3. The normalized spacial score (nSPS) is 11.5. The number of nitrogens with zero attached hydrogens (tertiary/aromatic N) is 3. The van der Waals surface area contributed by atoms with Gasteiger partial charge in [-0.3, -0.25) is 9.48 Å². The van der Waals surface area contributed by atoms with E-state index in [9.17, 15) is 18.0 Å². The molecule has 2 aromatic heterocycles. The molecule has 0 aliphatic heterocycles. The van der Waals surface area contributed by atoms with Crippen LogP contribution in [0.3, 0.4) is 0 Å². The van der Waals surface area contributed by atoms with E-state index >= 15 is 0 Å². The Morgan fingerprint density at radius 2 is 1.96 bits per heavy atom. The molecule has 3 aromatic rings. The van der Waals surface area contributed by atoms with Crippen LogP contribution in [0, 0.1) is 0 Å². The first kappa shape index (κ1) is 17.2. The van der Waals surface area contributed by atoms with Gasteiger partial charge in [0.2, 0.25) is 5.91 Å². The summed E-state index contributed by atoms with van der Waals surface area (Å²) in [6.07, 6.45) is -2.59. The maximum atomic E-state index is 12.6. The van der Waals surface area contributed by atoms with Gasteiger partial charge in [-0.05, 0) is 12.1 Å². The number of amides is 1. The standard InChI is InChI=1S/C16H13F3N4OS/c1-23-7-6-13(22-23)21-14(24)8-12-9-25-15(20-12)10-2-4-11(5-3-10)16(17,18)19/h2-7,9H,8H2,1H3,(H,21,22,24). The van der Waals surface area contributed by atoms with Gasteiger partial charge in [0, 0.05) is 30.3 Å². The van der Waals surface area contributed by atoms with Gasteiger partial charge in [-0.15, -0.1) is 11.3 Å². The Hall–Kier alpha value is -2.68. The number of hydrogen-bond donors (Lipinski definition) is 1. The molecule has 9 heteroatoms. The van der Waals surface area contributed by atoms with Gasteiger partial charge < -0.3 is 5.32 Å². The lowest BCUT2D eigenvalue weighted by Crippen LogP contribution is -2.15. The molecule has 25 heavy (non-hydrogen) atoms. The Labute approximate surface area is 145 Å². The van der Waals surface area contributed by atoms with Crippen LogP contribution in [0.1, 0.15) is 11.3 Å². The number of halogens is 3. The first-order chi connectivity index (χ1) is 11.8. The second-order valence-electron chi connectivity index (χ2n) is 5.32. The Bertz CT molecular complexity index is 883.